The number of amides is 1. The largest absolute Gasteiger partial charge is 0.381 e. The van der Waals surface area contributed by atoms with Gasteiger partial charge in [-0.15, -0.1) is 0 Å². The number of hydrogen-bond donors (Lipinski definition) is 1. The van der Waals surface area contributed by atoms with Gasteiger partial charge in [-0.1, -0.05) is 48.5 Å². The van der Waals surface area contributed by atoms with Crippen molar-refractivity contribution in [3.8, 4) is 0 Å². The molecule has 1 N–H and O–H groups in total. The van der Waals surface area contributed by atoms with Gasteiger partial charge in [0.15, 0.2) is 0 Å². The van der Waals surface area contributed by atoms with Crippen molar-refractivity contribution in [1.82, 2.24) is 10.2 Å². The van der Waals surface area contributed by atoms with E-state index in [0.717, 1.165) is 57.2 Å². The van der Waals surface area contributed by atoms with Gasteiger partial charge in [0.25, 0.3) is 5.91 Å². The average Bonchev–Trinajstić information content (AvgIpc) is 3.57. The summed E-state index contributed by atoms with van der Waals surface area (Å²) in [6.45, 7) is 5.46. The highest BCUT2D eigenvalue weighted by Gasteiger charge is 2.35. The molecule has 0 saturated carbocycles. The van der Waals surface area contributed by atoms with E-state index in [-0.39, 0.29) is 18.0 Å². The Morgan fingerprint density at radius 1 is 1.00 bits per heavy atom. The first-order chi connectivity index (χ1) is 16.3. The zero-order valence-corrected chi connectivity index (χ0v) is 18.9. The Morgan fingerprint density at radius 2 is 1.73 bits per heavy atom. The Labute approximate surface area is 195 Å². The minimum atomic E-state index is -0.0773. The molecule has 0 spiro atoms. The Morgan fingerprint density at radius 3 is 2.42 bits per heavy atom. The van der Waals surface area contributed by atoms with E-state index in [4.69, 9.17) is 14.6 Å². The van der Waals surface area contributed by atoms with E-state index in [1.807, 2.05) is 53.5 Å². The van der Waals surface area contributed by atoms with Gasteiger partial charge in [-0.3, -0.25) is 14.7 Å². The number of hydrogen-bond acceptors (Lipinski definition) is 6. The molecule has 0 aliphatic carbocycles. The third-order valence-corrected chi connectivity index (χ3v) is 6.87. The molecule has 2 aromatic rings. The van der Waals surface area contributed by atoms with Crippen LogP contribution in [0.2, 0.25) is 0 Å². The van der Waals surface area contributed by atoms with Crippen LogP contribution in [0, 0.1) is 5.92 Å². The van der Waals surface area contributed by atoms with Gasteiger partial charge in [-0.2, -0.15) is 5.10 Å². The SMILES string of the molecule is O=C(NC[C@H]([C@@H]1CCOC1)N1CCOCC1)C1=NN(c2ccccc2)[C@@H](c2ccccc2)C1. The molecule has 0 unspecified atom stereocenters. The van der Waals surface area contributed by atoms with Crippen molar-refractivity contribution in [3.63, 3.8) is 0 Å². The highest BCUT2D eigenvalue weighted by atomic mass is 16.5. The number of hydrazone groups is 1. The first kappa shape index (κ1) is 22.1. The fraction of sp³-hybridized carbons (Fsp3) is 0.462. The summed E-state index contributed by atoms with van der Waals surface area (Å²) >= 11 is 0. The Kier molecular flexibility index (Phi) is 7.00. The number of rotatable bonds is 7. The summed E-state index contributed by atoms with van der Waals surface area (Å²) < 4.78 is 11.2. The zero-order valence-electron chi connectivity index (χ0n) is 18.9. The van der Waals surface area contributed by atoms with Crippen LogP contribution >= 0.6 is 0 Å². The normalized spacial score (nSPS) is 24.5. The van der Waals surface area contributed by atoms with Crippen molar-refractivity contribution in [2.75, 3.05) is 51.1 Å². The lowest BCUT2D eigenvalue weighted by molar-refractivity contribution is -0.115. The number of carbonyl (C=O) groups is 1. The molecule has 33 heavy (non-hydrogen) atoms. The number of nitrogens with zero attached hydrogens (tertiary/aromatic N) is 3. The van der Waals surface area contributed by atoms with Crippen molar-refractivity contribution in [1.29, 1.82) is 0 Å². The van der Waals surface area contributed by atoms with Gasteiger partial charge in [0.2, 0.25) is 0 Å². The van der Waals surface area contributed by atoms with E-state index in [9.17, 15) is 4.79 Å². The second kappa shape index (κ2) is 10.5. The number of anilines is 1. The van der Waals surface area contributed by atoms with Crippen molar-refractivity contribution < 1.29 is 14.3 Å². The van der Waals surface area contributed by atoms with Crippen LogP contribution in [0.3, 0.4) is 0 Å². The highest BCUT2D eigenvalue weighted by Crippen LogP contribution is 2.35. The van der Waals surface area contributed by atoms with Crippen molar-refractivity contribution in [2.45, 2.75) is 24.9 Å². The van der Waals surface area contributed by atoms with E-state index in [2.05, 4.69) is 22.3 Å². The van der Waals surface area contributed by atoms with Gasteiger partial charge in [-0.25, -0.2) is 0 Å². The van der Waals surface area contributed by atoms with Gasteiger partial charge in [0.1, 0.15) is 5.71 Å². The summed E-state index contributed by atoms with van der Waals surface area (Å²) in [4.78, 5) is 15.7. The number of carbonyl (C=O) groups excluding carboxylic acids is 1. The third kappa shape index (κ3) is 5.11. The maximum absolute atomic E-state index is 13.3. The molecular weight excluding hydrogens is 416 g/mol. The number of para-hydroxylation sites is 1. The summed E-state index contributed by atoms with van der Waals surface area (Å²) in [6, 6.07) is 20.6. The lowest BCUT2D eigenvalue weighted by Gasteiger charge is -2.37. The quantitative estimate of drug-likeness (QED) is 0.706. The molecule has 2 aromatic carbocycles. The van der Waals surface area contributed by atoms with E-state index in [1.165, 1.54) is 0 Å². The van der Waals surface area contributed by atoms with E-state index in [0.29, 0.717) is 24.6 Å². The predicted octanol–water partition coefficient (Wildman–Crippen LogP) is 2.85. The Bertz CT molecular complexity index is 941. The lowest BCUT2D eigenvalue weighted by Crippen LogP contribution is -2.52. The van der Waals surface area contributed by atoms with Crippen LogP contribution in [0.5, 0.6) is 0 Å². The number of benzene rings is 2. The summed E-state index contributed by atoms with van der Waals surface area (Å²) in [5.74, 6) is 0.360. The molecule has 3 atom stereocenters. The minimum absolute atomic E-state index is 0.00706. The summed E-state index contributed by atoms with van der Waals surface area (Å²) in [5, 5.41) is 9.97. The molecule has 0 aromatic heterocycles. The molecule has 3 heterocycles. The molecule has 3 aliphatic heterocycles. The number of ether oxygens (including phenoxy) is 2. The first-order valence-electron chi connectivity index (χ1n) is 11.9. The molecule has 2 saturated heterocycles. The maximum atomic E-state index is 13.3. The molecule has 3 aliphatic rings. The second-order valence-electron chi connectivity index (χ2n) is 8.91. The fourth-order valence-electron chi connectivity index (χ4n) is 5.06. The molecule has 2 fully saturated rings. The summed E-state index contributed by atoms with van der Waals surface area (Å²) in [7, 11) is 0. The molecule has 7 heteroatoms. The number of nitrogens with one attached hydrogen (secondary N) is 1. The average molecular weight is 449 g/mol. The van der Waals surface area contributed by atoms with Crippen LogP contribution in [0.15, 0.2) is 65.8 Å². The van der Waals surface area contributed by atoms with Gasteiger partial charge in [0, 0.05) is 44.6 Å². The molecule has 0 bridgehead atoms. The van der Waals surface area contributed by atoms with Crippen molar-refractivity contribution in [3.05, 3.63) is 66.2 Å². The maximum Gasteiger partial charge on any atom is 0.267 e. The summed E-state index contributed by atoms with van der Waals surface area (Å²) in [6.07, 6.45) is 1.62. The molecule has 0 radical (unpaired) electrons. The Hall–Kier alpha value is -2.74. The van der Waals surface area contributed by atoms with Gasteiger partial charge in [0.05, 0.1) is 31.5 Å². The van der Waals surface area contributed by atoms with Crippen LogP contribution in [0.4, 0.5) is 5.69 Å². The predicted molar refractivity (Wildman–Crippen MR) is 128 cm³/mol. The number of morpholine rings is 1. The monoisotopic (exact) mass is 448 g/mol. The first-order valence-corrected chi connectivity index (χ1v) is 11.9. The van der Waals surface area contributed by atoms with Crippen molar-refractivity contribution in [2.24, 2.45) is 11.0 Å². The van der Waals surface area contributed by atoms with Crippen LogP contribution in [-0.2, 0) is 14.3 Å². The van der Waals surface area contributed by atoms with E-state index < -0.39 is 0 Å². The lowest BCUT2D eigenvalue weighted by atomic mass is 9.96. The molecule has 7 nitrogen and oxygen atoms in total. The zero-order chi connectivity index (χ0) is 22.5. The standard InChI is InChI=1S/C26H32N4O3/c31-26(27-18-25(21-11-14-33-19-21)29-12-15-32-16-13-29)23-17-24(20-7-3-1-4-8-20)30(28-23)22-9-5-2-6-10-22/h1-10,21,24-25H,11-19H2,(H,27,31)/t21-,24-,25-/m1/s1. The molecule has 174 valence electrons. The molecule has 1 amide bonds. The highest BCUT2D eigenvalue weighted by molar-refractivity contribution is 6.39. The molecular formula is C26H32N4O3. The van der Waals surface area contributed by atoms with Gasteiger partial charge in [-0.05, 0) is 24.1 Å². The fourth-order valence-corrected chi connectivity index (χ4v) is 5.06. The minimum Gasteiger partial charge on any atom is -0.381 e. The third-order valence-electron chi connectivity index (χ3n) is 6.87. The van der Waals surface area contributed by atoms with Crippen LogP contribution in [0.25, 0.3) is 0 Å². The van der Waals surface area contributed by atoms with Crippen LogP contribution < -0.4 is 10.3 Å². The van der Waals surface area contributed by atoms with E-state index >= 15 is 0 Å². The van der Waals surface area contributed by atoms with E-state index in [1.54, 1.807) is 0 Å². The van der Waals surface area contributed by atoms with Crippen molar-refractivity contribution >= 4 is 17.3 Å². The van der Waals surface area contributed by atoms with Gasteiger partial charge < -0.3 is 14.8 Å². The van der Waals surface area contributed by atoms with Gasteiger partial charge >= 0.3 is 0 Å². The Balaban J connectivity index is 1.30. The second-order valence-corrected chi connectivity index (χ2v) is 8.91. The topological polar surface area (TPSA) is 66.4 Å². The van der Waals surface area contributed by atoms with Crippen LogP contribution in [0.1, 0.15) is 24.4 Å². The smallest absolute Gasteiger partial charge is 0.267 e. The summed E-state index contributed by atoms with van der Waals surface area (Å²) in [5.41, 5.74) is 2.72. The van der Waals surface area contributed by atoms with Crippen LogP contribution in [-0.4, -0.2) is 68.6 Å². The molecule has 5 rings (SSSR count).